The number of hydrogen-bond acceptors (Lipinski definition) is 3. The minimum absolute atomic E-state index is 0.846. The van der Waals surface area contributed by atoms with Crippen LogP contribution in [0.15, 0.2) is 27.8 Å². The molecule has 1 aromatic heterocycles. The molecule has 1 aliphatic heterocycles. The van der Waals surface area contributed by atoms with Crippen LogP contribution < -0.4 is 0 Å². The van der Waals surface area contributed by atoms with Gasteiger partial charge in [0.2, 0.25) is 0 Å². The van der Waals surface area contributed by atoms with Crippen LogP contribution in [0.4, 0.5) is 0 Å². The zero-order valence-electron chi connectivity index (χ0n) is 8.82. The van der Waals surface area contributed by atoms with E-state index in [9.17, 15) is 0 Å². The van der Waals surface area contributed by atoms with E-state index >= 15 is 0 Å². The molecule has 0 spiro atoms. The molecule has 1 aliphatic rings. The Bertz CT molecular complexity index is 332. The van der Waals surface area contributed by atoms with E-state index in [0.29, 0.717) is 0 Å². The van der Waals surface area contributed by atoms with Gasteiger partial charge >= 0.3 is 0 Å². The summed E-state index contributed by atoms with van der Waals surface area (Å²) < 4.78 is 1.07. The van der Waals surface area contributed by atoms with Crippen molar-refractivity contribution in [3.05, 3.63) is 22.9 Å². The summed E-state index contributed by atoms with van der Waals surface area (Å²) in [6.07, 6.45) is 5.10. The number of halogens is 1. The molecule has 82 valence electrons. The van der Waals surface area contributed by atoms with Crippen LogP contribution in [0, 0.1) is 5.92 Å². The Morgan fingerprint density at radius 1 is 1.60 bits per heavy atom. The molecular formula is C11H15BrN2S. The number of pyridine rings is 1. The Kier molecular flexibility index (Phi) is 4.05. The van der Waals surface area contributed by atoms with Crippen LogP contribution in [0.2, 0.25) is 0 Å². The summed E-state index contributed by atoms with van der Waals surface area (Å²) in [7, 11) is 2.20. The molecule has 15 heavy (non-hydrogen) atoms. The molecule has 1 saturated heterocycles. The van der Waals surface area contributed by atoms with Crippen LogP contribution in [0.3, 0.4) is 0 Å². The van der Waals surface area contributed by atoms with Crippen molar-refractivity contribution in [1.82, 2.24) is 9.88 Å². The fourth-order valence-corrected chi connectivity index (χ4v) is 3.41. The van der Waals surface area contributed by atoms with Crippen molar-refractivity contribution in [3.8, 4) is 0 Å². The van der Waals surface area contributed by atoms with Crippen LogP contribution in [0.25, 0.3) is 0 Å². The summed E-state index contributed by atoms with van der Waals surface area (Å²) in [6.45, 7) is 2.50. The van der Waals surface area contributed by atoms with Gasteiger partial charge in [0.1, 0.15) is 0 Å². The van der Waals surface area contributed by atoms with Gasteiger partial charge in [-0.1, -0.05) is 0 Å². The van der Waals surface area contributed by atoms with Crippen molar-refractivity contribution < 1.29 is 0 Å². The van der Waals surface area contributed by atoms with E-state index < -0.39 is 0 Å². The first-order valence-corrected chi connectivity index (χ1v) is 6.94. The fourth-order valence-electron chi connectivity index (χ4n) is 1.85. The third-order valence-corrected chi connectivity index (χ3v) is 4.28. The number of nitrogens with zero attached hydrogens (tertiary/aromatic N) is 2. The molecule has 0 saturated carbocycles. The molecule has 2 nitrogen and oxygen atoms in total. The lowest BCUT2D eigenvalue weighted by molar-refractivity contribution is 0.403. The predicted octanol–water partition coefficient (Wildman–Crippen LogP) is 2.89. The van der Waals surface area contributed by atoms with E-state index in [-0.39, 0.29) is 0 Å². The van der Waals surface area contributed by atoms with Gasteiger partial charge in [-0.2, -0.15) is 0 Å². The van der Waals surface area contributed by atoms with Gasteiger partial charge in [0.25, 0.3) is 0 Å². The molecule has 0 N–H and O–H groups in total. The molecule has 1 unspecified atom stereocenters. The van der Waals surface area contributed by atoms with Crippen LogP contribution in [-0.4, -0.2) is 35.8 Å². The third-order valence-electron chi connectivity index (χ3n) is 2.65. The predicted molar refractivity (Wildman–Crippen MR) is 68.3 cm³/mol. The van der Waals surface area contributed by atoms with E-state index in [0.717, 1.165) is 10.4 Å². The molecule has 1 aromatic rings. The molecule has 2 heterocycles. The summed E-state index contributed by atoms with van der Waals surface area (Å²) in [6, 6.07) is 2.14. The molecule has 4 heteroatoms. The van der Waals surface area contributed by atoms with Gasteiger partial charge in [-0.05, 0) is 47.9 Å². The molecule has 0 aliphatic carbocycles. The number of hydrogen-bond donors (Lipinski definition) is 0. The quantitative estimate of drug-likeness (QED) is 0.795. The second-order valence-corrected chi connectivity index (χ2v) is 6.08. The second-order valence-electron chi connectivity index (χ2n) is 4.07. The van der Waals surface area contributed by atoms with E-state index in [4.69, 9.17) is 0 Å². The minimum atomic E-state index is 0.846. The first-order valence-electron chi connectivity index (χ1n) is 5.16. The van der Waals surface area contributed by atoms with E-state index in [2.05, 4.69) is 38.9 Å². The molecule has 1 fully saturated rings. The lowest BCUT2D eigenvalue weighted by Crippen LogP contribution is -2.14. The Hall–Kier alpha value is -0.0600. The number of thioether (sulfide) groups is 1. The smallest absolute Gasteiger partial charge is 0.0411 e. The third kappa shape index (κ3) is 3.47. The average molecular weight is 287 g/mol. The van der Waals surface area contributed by atoms with Crippen molar-refractivity contribution in [2.24, 2.45) is 5.92 Å². The molecule has 0 radical (unpaired) electrons. The number of rotatable bonds is 3. The fraction of sp³-hybridized carbons (Fsp3) is 0.545. The number of aromatic nitrogens is 1. The first kappa shape index (κ1) is 11.4. The SMILES string of the molecule is CN1CCC(CSc2cncc(Br)c2)C1. The van der Waals surface area contributed by atoms with Gasteiger partial charge in [0.05, 0.1) is 0 Å². The molecular weight excluding hydrogens is 272 g/mol. The summed E-state index contributed by atoms with van der Waals surface area (Å²) in [4.78, 5) is 7.84. The van der Waals surface area contributed by atoms with Crippen molar-refractivity contribution in [3.63, 3.8) is 0 Å². The van der Waals surface area contributed by atoms with Gasteiger partial charge in [0, 0.05) is 34.1 Å². The van der Waals surface area contributed by atoms with Crippen molar-refractivity contribution >= 4 is 27.7 Å². The van der Waals surface area contributed by atoms with E-state index in [1.54, 1.807) is 0 Å². The summed E-state index contributed by atoms with van der Waals surface area (Å²) in [5.74, 6) is 2.06. The van der Waals surface area contributed by atoms with Gasteiger partial charge in [-0.15, -0.1) is 11.8 Å². The molecule has 1 atom stereocenters. The van der Waals surface area contributed by atoms with Crippen molar-refractivity contribution in [2.75, 3.05) is 25.9 Å². The highest BCUT2D eigenvalue weighted by Crippen LogP contribution is 2.26. The lowest BCUT2D eigenvalue weighted by Gasteiger charge is -2.09. The summed E-state index contributed by atoms with van der Waals surface area (Å²) in [5.41, 5.74) is 0. The maximum Gasteiger partial charge on any atom is 0.0411 e. The maximum atomic E-state index is 4.17. The summed E-state index contributed by atoms with van der Waals surface area (Å²) in [5, 5.41) is 0. The van der Waals surface area contributed by atoms with Crippen molar-refractivity contribution in [1.29, 1.82) is 0 Å². The Labute approximate surface area is 104 Å². The Balaban J connectivity index is 1.83. The second kappa shape index (κ2) is 5.32. The van der Waals surface area contributed by atoms with Crippen LogP contribution in [0.5, 0.6) is 0 Å². The Morgan fingerprint density at radius 2 is 2.47 bits per heavy atom. The molecule has 0 amide bonds. The zero-order chi connectivity index (χ0) is 10.7. The Morgan fingerprint density at radius 3 is 3.13 bits per heavy atom. The minimum Gasteiger partial charge on any atom is -0.306 e. The van der Waals surface area contributed by atoms with Crippen molar-refractivity contribution in [2.45, 2.75) is 11.3 Å². The lowest BCUT2D eigenvalue weighted by atomic mass is 10.2. The first-order chi connectivity index (χ1) is 7.24. The maximum absolute atomic E-state index is 4.17. The monoisotopic (exact) mass is 286 g/mol. The average Bonchev–Trinajstić information content (AvgIpc) is 2.62. The van der Waals surface area contributed by atoms with Crippen LogP contribution >= 0.6 is 27.7 Å². The highest BCUT2D eigenvalue weighted by molar-refractivity contribution is 9.10. The largest absolute Gasteiger partial charge is 0.306 e. The zero-order valence-corrected chi connectivity index (χ0v) is 11.2. The van der Waals surface area contributed by atoms with Gasteiger partial charge < -0.3 is 4.90 Å². The highest BCUT2D eigenvalue weighted by atomic mass is 79.9. The topological polar surface area (TPSA) is 16.1 Å². The van der Waals surface area contributed by atoms with E-state index in [1.165, 1.54) is 30.2 Å². The molecule has 0 bridgehead atoms. The van der Waals surface area contributed by atoms with Gasteiger partial charge in [-0.3, -0.25) is 4.98 Å². The van der Waals surface area contributed by atoms with Crippen LogP contribution in [-0.2, 0) is 0 Å². The summed E-state index contributed by atoms with van der Waals surface area (Å²) >= 11 is 5.36. The molecule has 2 rings (SSSR count). The molecule has 0 aromatic carbocycles. The standard InChI is InChI=1S/C11H15BrN2S/c1-14-3-2-9(7-14)8-15-11-4-10(12)5-13-6-11/h4-6,9H,2-3,7-8H2,1H3. The highest BCUT2D eigenvalue weighted by Gasteiger charge is 2.19. The van der Waals surface area contributed by atoms with Crippen LogP contribution in [0.1, 0.15) is 6.42 Å². The number of likely N-dealkylation sites (tertiary alicyclic amines) is 1. The van der Waals surface area contributed by atoms with E-state index in [1.807, 2.05) is 24.2 Å². The van der Waals surface area contributed by atoms with Gasteiger partial charge in [0.15, 0.2) is 0 Å². The van der Waals surface area contributed by atoms with Gasteiger partial charge in [-0.25, -0.2) is 0 Å². The normalized spacial score (nSPS) is 22.1.